The topological polar surface area (TPSA) is 54.6 Å². The number of aromatic hydroxyl groups is 1. The van der Waals surface area contributed by atoms with Gasteiger partial charge in [-0.05, 0) is 75.5 Å². The highest BCUT2D eigenvalue weighted by atomic mass is 127. The molecule has 0 saturated heterocycles. The lowest BCUT2D eigenvalue weighted by Crippen LogP contribution is -2.22. The Kier molecular flexibility index (Phi) is 3.81. The highest BCUT2D eigenvalue weighted by Gasteiger charge is 2.12. The Hall–Kier alpha value is -1.20. The number of imidazole rings is 1. The van der Waals surface area contributed by atoms with Crippen molar-refractivity contribution in [1.82, 2.24) is 9.38 Å². The van der Waals surface area contributed by atoms with Gasteiger partial charge in [0.25, 0.3) is 5.56 Å². The van der Waals surface area contributed by atoms with Crippen LogP contribution in [0.15, 0.2) is 41.2 Å². The molecular weight excluding hydrogens is 538 g/mol. The maximum atomic E-state index is 12.7. The van der Waals surface area contributed by atoms with Gasteiger partial charge in [0.2, 0.25) is 0 Å². The van der Waals surface area contributed by atoms with Gasteiger partial charge in [0, 0.05) is 9.13 Å². The minimum Gasteiger partial charge on any atom is -0.506 e. The van der Waals surface area contributed by atoms with Crippen molar-refractivity contribution in [2.75, 3.05) is 0 Å². The quantitative estimate of drug-likeness (QED) is 0.373. The summed E-state index contributed by atoms with van der Waals surface area (Å²) < 4.78 is 3.96. The van der Waals surface area contributed by atoms with Gasteiger partial charge in [-0.15, -0.1) is 0 Å². The lowest BCUT2D eigenvalue weighted by Gasteiger charge is -2.02. The first-order valence-corrected chi connectivity index (χ1v) is 9.62. The van der Waals surface area contributed by atoms with Gasteiger partial charge in [-0.3, -0.25) is 4.79 Å². The zero-order valence-electron chi connectivity index (χ0n) is 11.5. The second-order valence-corrected chi connectivity index (χ2v) is 8.38. The van der Waals surface area contributed by atoms with Crippen LogP contribution in [0.2, 0.25) is 0 Å². The average molecular weight is 546 g/mol. The van der Waals surface area contributed by atoms with E-state index in [2.05, 4.69) is 50.2 Å². The van der Waals surface area contributed by atoms with Crippen LogP contribution in [0.25, 0.3) is 22.1 Å². The Morgan fingerprint density at radius 3 is 2.83 bits per heavy atom. The molecule has 0 spiro atoms. The summed E-state index contributed by atoms with van der Waals surface area (Å²) in [5.41, 5.74) is 2.16. The summed E-state index contributed by atoms with van der Waals surface area (Å²) in [5.74, 6) is 0.196. The first-order valence-electron chi connectivity index (χ1n) is 6.64. The highest BCUT2D eigenvalue weighted by molar-refractivity contribution is 14.1. The van der Waals surface area contributed by atoms with Gasteiger partial charge in [0.05, 0.1) is 19.1 Å². The lowest BCUT2D eigenvalue weighted by atomic mass is 10.2. The van der Waals surface area contributed by atoms with E-state index in [4.69, 9.17) is 0 Å². The first kappa shape index (κ1) is 15.3. The van der Waals surface area contributed by atoms with Crippen molar-refractivity contribution in [3.05, 3.63) is 64.0 Å². The lowest BCUT2D eigenvalue weighted by molar-refractivity contribution is 0.470. The normalized spacial score (nSPS) is 12.5. The predicted octanol–water partition coefficient (Wildman–Crippen LogP) is 3.37. The maximum Gasteiger partial charge on any atom is 0.274 e. The van der Waals surface area contributed by atoms with Crippen molar-refractivity contribution in [1.29, 1.82) is 0 Å². The van der Waals surface area contributed by atoms with Gasteiger partial charge in [0.15, 0.2) is 4.96 Å². The second kappa shape index (κ2) is 5.71. The molecule has 2 heterocycles. The number of thiazole rings is 1. The first-order chi connectivity index (χ1) is 11.0. The van der Waals surface area contributed by atoms with Crippen molar-refractivity contribution < 1.29 is 5.11 Å². The Bertz CT molecular complexity index is 1180. The summed E-state index contributed by atoms with van der Waals surface area (Å²) in [6.45, 7) is 0. The summed E-state index contributed by atoms with van der Waals surface area (Å²) in [5, 5.41) is 10.2. The minimum atomic E-state index is -0.105. The van der Waals surface area contributed by atoms with E-state index in [1.165, 1.54) is 11.3 Å². The molecule has 0 unspecified atom stereocenters. The van der Waals surface area contributed by atoms with Gasteiger partial charge >= 0.3 is 0 Å². The summed E-state index contributed by atoms with van der Waals surface area (Å²) >= 11 is 5.61. The van der Waals surface area contributed by atoms with E-state index in [0.717, 1.165) is 18.2 Å². The molecule has 4 nitrogen and oxygen atoms in total. The zero-order chi connectivity index (χ0) is 16.1. The molecule has 0 fully saturated rings. The number of aromatic nitrogens is 2. The van der Waals surface area contributed by atoms with E-state index in [1.807, 2.05) is 36.4 Å². The summed E-state index contributed by atoms with van der Waals surface area (Å²) in [7, 11) is 0. The number of rotatable bonds is 1. The number of hydrogen-bond donors (Lipinski definition) is 1. The van der Waals surface area contributed by atoms with Crippen molar-refractivity contribution in [3.8, 4) is 5.75 Å². The molecule has 0 aliphatic heterocycles. The number of para-hydroxylation sites is 2. The molecule has 1 N–H and O–H groups in total. The van der Waals surface area contributed by atoms with E-state index in [1.54, 1.807) is 10.5 Å². The number of hydrogen-bond acceptors (Lipinski definition) is 4. The molecule has 4 rings (SSSR count). The van der Waals surface area contributed by atoms with Gasteiger partial charge in [0.1, 0.15) is 5.75 Å². The molecule has 2 aromatic heterocycles. The third kappa shape index (κ3) is 2.54. The number of benzene rings is 2. The third-order valence-corrected chi connectivity index (χ3v) is 5.90. The molecule has 0 bridgehead atoms. The second-order valence-electron chi connectivity index (χ2n) is 4.96. The molecule has 0 saturated carbocycles. The Morgan fingerprint density at radius 1 is 1.22 bits per heavy atom. The van der Waals surface area contributed by atoms with Crippen LogP contribution < -0.4 is 10.1 Å². The average Bonchev–Trinajstić information content (AvgIpc) is 3.01. The predicted molar refractivity (Wildman–Crippen MR) is 109 cm³/mol. The van der Waals surface area contributed by atoms with Crippen LogP contribution in [0, 0.1) is 7.14 Å². The number of fused-ring (bicyclic) bond motifs is 3. The largest absolute Gasteiger partial charge is 0.506 e. The maximum absolute atomic E-state index is 12.7. The van der Waals surface area contributed by atoms with Crippen LogP contribution in [0.1, 0.15) is 5.56 Å². The van der Waals surface area contributed by atoms with E-state index in [0.29, 0.717) is 15.1 Å². The van der Waals surface area contributed by atoms with Crippen LogP contribution in [0.4, 0.5) is 0 Å². The highest BCUT2D eigenvalue weighted by Crippen LogP contribution is 2.27. The molecule has 0 aliphatic carbocycles. The Balaban J connectivity index is 2.04. The summed E-state index contributed by atoms with van der Waals surface area (Å²) in [6.07, 6.45) is 1.73. The minimum absolute atomic E-state index is 0.105. The number of nitrogens with zero attached hydrogens (tertiary/aromatic N) is 2. The number of phenols is 1. The fourth-order valence-corrected chi connectivity index (χ4v) is 5.32. The molecular formula is C16H8I2N2O2S. The van der Waals surface area contributed by atoms with Crippen LogP contribution in [0.3, 0.4) is 0 Å². The van der Waals surface area contributed by atoms with Crippen molar-refractivity contribution in [2.45, 2.75) is 0 Å². The molecule has 0 aliphatic rings. The monoisotopic (exact) mass is 546 g/mol. The number of phenolic OH excluding ortho intramolecular Hbond substituents is 1. The van der Waals surface area contributed by atoms with Crippen LogP contribution in [-0.4, -0.2) is 14.5 Å². The van der Waals surface area contributed by atoms with Crippen molar-refractivity contribution in [3.63, 3.8) is 0 Å². The molecule has 114 valence electrons. The van der Waals surface area contributed by atoms with E-state index < -0.39 is 0 Å². The Labute approximate surface area is 161 Å². The number of halogens is 2. The van der Waals surface area contributed by atoms with Crippen molar-refractivity contribution in [2.24, 2.45) is 0 Å². The van der Waals surface area contributed by atoms with E-state index in [-0.39, 0.29) is 11.3 Å². The zero-order valence-corrected chi connectivity index (χ0v) is 16.6. The van der Waals surface area contributed by atoms with Crippen LogP contribution >= 0.6 is 56.5 Å². The van der Waals surface area contributed by atoms with Crippen molar-refractivity contribution >= 4 is 78.6 Å². The van der Waals surface area contributed by atoms with Gasteiger partial charge in [-0.25, -0.2) is 9.38 Å². The third-order valence-electron chi connectivity index (χ3n) is 3.49. The summed E-state index contributed by atoms with van der Waals surface area (Å²) in [4.78, 5) is 17.9. The molecule has 7 heteroatoms. The fraction of sp³-hybridized carbons (Fsp3) is 0. The molecule has 23 heavy (non-hydrogen) atoms. The SMILES string of the molecule is O=c1/c(=C/c2cc(I)cc(I)c2O)sc2nc3ccccc3n12. The van der Waals surface area contributed by atoms with E-state index in [9.17, 15) is 9.90 Å². The molecule has 2 aromatic carbocycles. The van der Waals surface area contributed by atoms with Gasteiger partial charge < -0.3 is 5.11 Å². The van der Waals surface area contributed by atoms with Gasteiger partial charge in [-0.2, -0.15) is 0 Å². The molecule has 0 radical (unpaired) electrons. The Morgan fingerprint density at radius 2 is 2.00 bits per heavy atom. The smallest absolute Gasteiger partial charge is 0.274 e. The molecule has 0 atom stereocenters. The van der Waals surface area contributed by atoms with Gasteiger partial charge in [-0.1, -0.05) is 23.5 Å². The standard InChI is InChI=1S/C16H8I2N2O2S/c17-9-5-8(14(21)10(18)7-9)6-13-15(22)20-12-4-2-1-3-11(12)19-16(20)23-13/h1-7,21H/b13-6-. The molecule has 4 aromatic rings. The van der Waals surface area contributed by atoms with Crippen LogP contribution in [-0.2, 0) is 0 Å². The molecule has 0 amide bonds. The fourth-order valence-electron chi connectivity index (χ4n) is 2.45. The summed E-state index contributed by atoms with van der Waals surface area (Å²) in [6, 6.07) is 11.3. The van der Waals surface area contributed by atoms with E-state index >= 15 is 0 Å². The van der Waals surface area contributed by atoms with Crippen LogP contribution in [0.5, 0.6) is 5.75 Å².